The van der Waals surface area contributed by atoms with Gasteiger partial charge in [0, 0.05) is 12.0 Å². The lowest BCUT2D eigenvalue weighted by Gasteiger charge is -2.03. The number of nitrogens with zero attached hydrogens (tertiary/aromatic N) is 1. The predicted octanol–water partition coefficient (Wildman–Crippen LogP) is 2.81. The number of anilines is 1. The molecule has 1 aromatic carbocycles. The van der Waals surface area contributed by atoms with E-state index in [0.29, 0.717) is 17.0 Å². The molecule has 18 heavy (non-hydrogen) atoms. The first kappa shape index (κ1) is 11.2. The Kier molecular flexibility index (Phi) is 2.76. The Morgan fingerprint density at radius 3 is 2.89 bits per heavy atom. The second kappa shape index (κ2) is 4.42. The van der Waals surface area contributed by atoms with Crippen LogP contribution in [0.4, 0.5) is 5.00 Å². The molecular weight excluding hydrogens is 248 g/mol. The first-order valence-corrected chi connectivity index (χ1v) is 6.62. The number of hydrogen-bond donors (Lipinski definition) is 2. The number of nitrogens with one attached hydrogen (secondary N) is 1. The first-order valence-electron chi connectivity index (χ1n) is 5.74. The number of aromatic nitrogens is 1. The Hall–Kier alpha value is -1.88. The molecule has 0 amide bonds. The van der Waals surface area contributed by atoms with Crippen molar-refractivity contribution in [2.45, 2.75) is 18.4 Å². The van der Waals surface area contributed by atoms with Crippen LogP contribution in [0.15, 0.2) is 35.8 Å². The van der Waals surface area contributed by atoms with Crippen molar-refractivity contribution in [2.75, 3.05) is 5.32 Å². The minimum Gasteiger partial charge on any atom is -0.476 e. The van der Waals surface area contributed by atoms with Crippen molar-refractivity contribution in [3.8, 4) is 0 Å². The number of aromatic carboxylic acids is 1. The molecule has 1 aromatic heterocycles. The molecule has 92 valence electrons. The van der Waals surface area contributed by atoms with Crippen LogP contribution in [0.2, 0.25) is 0 Å². The highest BCUT2D eigenvalue weighted by atomic mass is 32.1. The van der Waals surface area contributed by atoms with Gasteiger partial charge in [-0.05, 0) is 12.0 Å². The maximum absolute atomic E-state index is 10.9. The Morgan fingerprint density at radius 2 is 2.17 bits per heavy atom. The number of benzene rings is 1. The van der Waals surface area contributed by atoms with Gasteiger partial charge in [0.15, 0.2) is 5.69 Å². The molecule has 2 aromatic rings. The third-order valence-corrected chi connectivity index (χ3v) is 3.86. The summed E-state index contributed by atoms with van der Waals surface area (Å²) >= 11 is 1.34. The molecule has 0 bridgehead atoms. The van der Waals surface area contributed by atoms with Crippen LogP contribution in [0.25, 0.3) is 0 Å². The monoisotopic (exact) mass is 260 g/mol. The second-order valence-electron chi connectivity index (χ2n) is 4.34. The van der Waals surface area contributed by atoms with Crippen molar-refractivity contribution in [2.24, 2.45) is 0 Å². The molecule has 3 rings (SSSR count). The van der Waals surface area contributed by atoms with Gasteiger partial charge in [0.05, 0.1) is 5.51 Å². The molecule has 1 aliphatic carbocycles. The third-order valence-electron chi connectivity index (χ3n) is 3.10. The Bertz CT molecular complexity index is 567. The lowest BCUT2D eigenvalue weighted by Crippen LogP contribution is -2.07. The lowest BCUT2D eigenvalue weighted by molar-refractivity contribution is 0.0692. The van der Waals surface area contributed by atoms with E-state index < -0.39 is 5.97 Å². The van der Waals surface area contributed by atoms with E-state index in [1.165, 1.54) is 16.9 Å². The maximum atomic E-state index is 10.9. The van der Waals surface area contributed by atoms with Crippen molar-refractivity contribution in [3.05, 3.63) is 47.1 Å². The average molecular weight is 260 g/mol. The van der Waals surface area contributed by atoms with Gasteiger partial charge in [0.1, 0.15) is 5.00 Å². The number of hydrogen-bond acceptors (Lipinski definition) is 4. The summed E-state index contributed by atoms with van der Waals surface area (Å²) in [5.41, 5.74) is 2.99. The van der Waals surface area contributed by atoms with E-state index in [9.17, 15) is 4.79 Å². The van der Waals surface area contributed by atoms with Gasteiger partial charge in [0.2, 0.25) is 0 Å². The normalized spacial score (nSPS) is 21.6. The highest BCUT2D eigenvalue weighted by molar-refractivity contribution is 7.14. The van der Waals surface area contributed by atoms with Crippen molar-refractivity contribution < 1.29 is 9.90 Å². The summed E-state index contributed by atoms with van der Waals surface area (Å²) in [5, 5.41) is 12.9. The van der Waals surface area contributed by atoms with Gasteiger partial charge in [-0.1, -0.05) is 30.3 Å². The quantitative estimate of drug-likeness (QED) is 0.887. The number of rotatable bonds is 4. The van der Waals surface area contributed by atoms with Crippen LogP contribution in [0.1, 0.15) is 28.4 Å². The van der Waals surface area contributed by atoms with Gasteiger partial charge >= 0.3 is 5.97 Å². The minimum absolute atomic E-state index is 0.124. The van der Waals surface area contributed by atoms with E-state index in [2.05, 4.69) is 22.4 Å². The number of carbonyl (C=O) groups is 1. The van der Waals surface area contributed by atoms with Crippen LogP contribution in [0, 0.1) is 0 Å². The van der Waals surface area contributed by atoms with E-state index in [0.717, 1.165) is 6.42 Å². The highest BCUT2D eigenvalue weighted by Crippen LogP contribution is 2.43. The second-order valence-corrected chi connectivity index (χ2v) is 5.19. The summed E-state index contributed by atoms with van der Waals surface area (Å²) in [6.45, 7) is 0. The fourth-order valence-electron chi connectivity index (χ4n) is 2.09. The molecule has 2 unspecified atom stereocenters. The molecule has 0 spiro atoms. The molecule has 0 aliphatic heterocycles. The summed E-state index contributed by atoms with van der Waals surface area (Å²) in [6, 6.07) is 10.6. The largest absolute Gasteiger partial charge is 0.476 e. The van der Waals surface area contributed by atoms with Crippen LogP contribution in [-0.2, 0) is 0 Å². The molecule has 1 saturated carbocycles. The zero-order chi connectivity index (χ0) is 12.5. The molecule has 2 N–H and O–H groups in total. The van der Waals surface area contributed by atoms with Gasteiger partial charge < -0.3 is 10.4 Å². The van der Waals surface area contributed by atoms with Crippen molar-refractivity contribution in [1.29, 1.82) is 0 Å². The van der Waals surface area contributed by atoms with Gasteiger partial charge in [-0.15, -0.1) is 11.3 Å². The Labute approximate surface area is 108 Å². The van der Waals surface area contributed by atoms with E-state index >= 15 is 0 Å². The predicted molar refractivity (Wildman–Crippen MR) is 70.3 cm³/mol. The summed E-state index contributed by atoms with van der Waals surface area (Å²) < 4.78 is 0. The summed E-state index contributed by atoms with van der Waals surface area (Å²) in [4.78, 5) is 14.8. The van der Waals surface area contributed by atoms with Crippen molar-refractivity contribution in [1.82, 2.24) is 4.98 Å². The average Bonchev–Trinajstić information content (AvgIpc) is 2.97. The van der Waals surface area contributed by atoms with Gasteiger partial charge in [-0.3, -0.25) is 0 Å². The zero-order valence-electron chi connectivity index (χ0n) is 9.54. The van der Waals surface area contributed by atoms with E-state index in [-0.39, 0.29) is 5.69 Å². The molecule has 1 aliphatic rings. The van der Waals surface area contributed by atoms with Crippen LogP contribution in [0.5, 0.6) is 0 Å². The summed E-state index contributed by atoms with van der Waals surface area (Å²) in [7, 11) is 0. The van der Waals surface area contributed by atoms with E-state index in [1.54, 1.807) is 5.51 Å². The van der Waals surface area contributed by atoms with Gasteiger partial charge in [0.25, 0.3) is 0 Å². The third kappa shape index (κ3) is 2.09. The van der Waals surface area contributed by atoms with Crippen molar-refractivity contribution >= 4 is 22.3 Å². The minimum atomic E-state index is -0.976. The Balaban J connectivity index is 1.69. The molecule has 4 nitrogen and oxygen atoms in total. The fraction of sp³-hybridized carbons (Fsp3) is 0.231. The van der Waals surface area contributed by atoms with Crippen LogP contribution in [0.3, 0.4) is 0 Å². The van der Waals surface area contributed by atoms with Gasteiger partial charge in [-0.25, -0.2) is 9.78 Å². The molecular formula is C13H12N2O2S. The summed E-state index contributed by atoms with van der Waals surface area (Å²) in [5.74, 6) is -0.495. The Morgan fingerprint density at radius 1 is 1.39 bits per heavy atom. The van der Waals surface area contributed by atoms with E-state index in [4.69, 9.17) is 5.11 Å². The maximum Gasteiger partial charge on any atom is 0.357 e. The first-order chi connectivity index (χ1) is 8.75. The molecule has 1 heterocycles. The highest BCUT2D eigenvalue weighted by Gasteiger charge is 2.39. The fourth-order valence-corrected chi connectivity index (χ4v) is 2.83. The topological polar surface area (TPSA) is 62.2 Å². The number of thiazole rings is 1. The summed E-state index contributed by atoms with van der Waals surface area (Å²) in [6.07, 6.45) is 1.04. The lowest BCUT2D eigenvalue weighted by atomic mass is 10.1. The molecule has 1 fully saturated rings. The van der Waals surface area contributed by atoms with Gasteiger partial charge in [-0.2, -0.15) is 0 Å². The molecule has 5 heteroatoms. The smallest absolute Gasteiger partial charge is 0.357 e. The standard InChI is InChI=1S/C13H12N2O2S/c16-13(17)11-12(18-7-14-11)15-10-6-9(10)8-4-2-1-3-5-8/h1-5,7,9-10,15H,6H2,(H,16,17). The van der Waals surface area contributed by atoms with Crippen LogP contribution < -0.4 is 5.32 Å². The van der Waals surface area contributed by atoms with Crippen LogP contribution >= 0.6 is 11.3 Å². The SMILES string of the molecule is O=C(O)c1ncsc1NC1CC1c1ccccc1. The molecule has 0 saturated heterocycles. The molecule has 2 atom stereocenters. The molecule has 0 radical (unpaired) electrons. The number of carboxylic acids is 1. The van der Waals surface area contributed by atoms with E-state index in [1.807, 2.05) is 18.2 Å². The van der Waals surface area contributed by atoms with Crippen LogP contribution in [-0.4, -0.2) is 22.1 Å². The van der Waals surface area contributed by atoms with Crippen molar-refractivity contribution in [3.63, 3.8) is 0 Å². The zero-order valence-corrected chi connectivity index (χ0v) is 10.4. The number of carboxylic acid groups (broad SMARTS) is 1.